The normalized spacial score (nSPS) is 17.5. The first-order chi connectivity index (χ1) is 4.76. The second kappa shape index (κ2) is 3.19. The summed E-state index contributed by atoms with van der Waals surface area (Å²) >= 11 is 0. The van der Waals surface area contributed by atoms with Crippen LogP contribution < -0.4 is 0 Å². The number of carboxylic acid groups (broad SMARTS) is 1. The van der Waals surface area contributed by atoms with Gasteiger partial charge in [-0.1, -0.05) is 0 Å². The second-order valence-electron chi connectivity index (χ2n) is 3.64. The fourth-order valence-electron chi connectivity index (χ4n) is 0.630. The van der Waals surface area contributed by atoms with Gasteiger partial charge >= 0.3 is 5.97 Å². The highest BCUT2D eigenvalue weighted by Gasteiger charge is 2.31. The van der Waals surface area contributed by atoms with Gasteiger partial charge in [0.1, 0.15) is 6.04 Å². The molecule has 0 aliphatic heterocycles. The lowest BCUT2D eigenvalue weighted by Gasteiger charge is -2.32. The Hall–Kier alpha value is -0.610. The molecule has 0 saturated heterocycles. The zero-order valence-electron chi connectivity index (χ0n) is 7.40. The van der Waals surface area contributed by atoms with Gasteiger partial charge in [-0.05, 0) is 6.92 Å². The molecule has 0 rings (SSSR count). The van der Waals surface area contributed by atoms with Crippen molar-refractivity contribution in [2.24, 2.45) is 0 Å². The van der Waals surface area contributed by atoms with Gasteiger partial charge in [-0.25, -0.2) is 4.79 Å². The standard InChI is InChI=1S/C7H15NO3/c1-5(8(2,3)4)6(9)7(10)11/h5-6,9H,1-4H3/p+1. The Morgan fingerprint density at radius 1 is 1.36 bits per heavy atom. The van der Waals surface area contributed by atoms with Crippen molar-refractivity contribution in [3.63, 3.8) is 0 Å². The summed E-state index contributed by atoms with van der Waals surface area (Å²) in [5, 5.41) is 17.6. The number of likely N-dealkylation sites (N-methyl/N-ethyl adjacent to an activating group) is 1. The van der Waals surface area contributed by atoms with E-state index in [9.17, 15) is 4.79 Å². The molecule has 11 heavy (non-hydrogen) atoms. The average Bonchev–Trinajstić information content (AvgIpc) is 1.82. The summed E-state index contributed by atoms with van der Waals surface area (Å²) in [5.41, 5.74) is 0. The van der Waals surface area contributed by atoms with E-state index in [1.54, 1.807) is 6.92 Å². The van der Waals surface area contributed by atoms with Crippen LogP contribution in [0.3, 0.4) is 0 Å². The fraction of sp³-hybridized carbons (Fsp3) is 0.857. The summed E-state index contributed by atoms with van der Waals surface area (Å²) in [4.78, 5) is 10.3. The Bertz CT molecular complexity index is 150. The monoisotopic (exact) mass is 162 g/mol. The van der Waals surface area contributed by atoms with E-state index in [1.165, 1.54) is 0 Å². The molecule has 0 amide bonds. The van der Waals surface area contributed by atoms with Crippen LogP contribution >= 0.6 is 0 Å². The molecule has 0 aromatic carbocycles. The van der Waals surface area contributed by atoms with Crippen LogP contribution in [0.25, 0.3) is 0 Å². The molecule has 2 atom stereocenters. The first-order valence-electron chi connectivity index (χ1n) is 3.49. The number of hydrogen-bond donors (Lipinski definition) is 2. The fourth-order valence-corrected chi connectivity index (χ4v) is 0.630. The molecule has 0 aromatic rings. The number of quaternary nitrogens is 1. The minimum atomic E-state index is -1.28. The first-order valence-corrected chi connectivity index (χ1v) is 3.49. The van der Waals surface area contributed by atoms with Crippen LogP contribution in [-0.4, -0.2) is 54.0 Å². The van der Waals surface area contributed by atoms with Crippen LogP contribution in [0, 0.1) is 0 Å². The number of nitrogens with zero attached hydrogens (tertiary/aromatic N) is 1. The highest BCUT2D eigenvalue weighted by atomic mass is 16.4. The van der Waals surface area contributed by atoms with Crippen molar-refractivity contribution in [1.29, 1.82) is 0 Å². The lowest BCUT2D eigenvalue weighted by molar-refractivity contribution is -0.896. The highest BCUT2D eigenvalue weighted by molar-refractivity contribution is 5.72. The Morgan fingerprint density at radius 2 is 1.73 bits per heavy atom. The molecule has 0 fully saturated rings. The number of carbonyl (C=O) groups is 1. The van der Waals surface area contributed by atoms with Gasteiger partial charge in [0.25, 0.3) is 0 Å². The van der Waals surface area contributed by atoms with Gasteiger partial charge in [-0.2, -0.15) is 0 Å². The third-order valence-electron chi connectivity index (χ3n) is 1.93. The molecule has 66 valence electrons. The number of aliphatic hydroxyl groups excluding tert-OH is 1. The quantitative estimate of drug-likeness (QED) is 0.551. The van der Waals surface area contributed by atoms with E-state index in [0.29, 0.717) is 4.48 Å². The first kappa shape index (κ1) is 10.4. The topological polar surface area (TPSA) is 57.5 Å². The van der Waals surface area contributed by atoms with E-state index in [0.717, 1.165) is 0 Å². The Labute approximate surface area is 66.6 Å². The molecule has 0 heterocycles. The third kappa shape index (κ3) is 2.86. The molecule has 0 bridgehead atoms. The molecule has 0 aliphatic carbocycles. The summed E-state index contributed by atoms with van der Waals surface area (Å²) in [5.74, 6) is -1.16. The number of hydrogen-bond acceptors (Lipinski definition) is 2. The molecular formula is C7H16NO3+. The van der Waals surface area contributed by atoms with E-state index < -0.39 is 12.1 Å². The maximum absolute atomic E-state index is 10.3. The molecular weight excluding hydrogens is 146 g/mol. The van der Waals surface area contributed by atoms with Crippen molar-refractivity contribution >= 4 is 5.97 Å². The number of carboxylic acids is 1. The van der Waals surface area contributed by atoms with Crippen molar-refractivity contribution in [1.82, 2.24) is 0 Å². The predicted molar refractivity (Wildman–Crippen MR) is 41.1 cm³/mol. The summed E-state index contributed by atoms with van der Waals surface area (Å²) in [6.07, 6.45) is -1.28. The van der Waals surface area contributed by atoms with Crippen molar-refractivity contribution in [2.75, 3.05) is 21.1 Å². The number of rotatable bonds is 3. The molecule has 2 N–H and O–H groups in total. The molecule has 4 heteroatoms. The van der Waals surface area contributed by atoms with Gasteiger partial charge in [0.05, 0.1) is 21.1 Å². The maximum atomic E-state index is 10.3. The Balaban J connectivity index is 4.25. The average molecular weight is 162 g/mol. The minimum Gasteiger partial charge on any atom is -0.479 e. The van der Waals surface area contributed by atoms with Crippen LogP contribution in [0.1, 0.15) is 6.92 Å². The lowest BCUT2D eigenvalue weighted by Crippen LogP contribution is -2.52. The van der Waals surface area contributed by atoms with Gasteiger partial charge in [0.2, 0.25) is 6.10 Å². The summed E-state index contributed by atoms with van der Waals surface area (Å²) in [6.45, 7) is 1.71. The molecule has 0 aromatic heterocycles. The Kier molecular flexibility index (Phi) is 3.02. The molecule has 0 radical (unpaired) electrons. The van der Waals surface area contributed by atoms with E-state index >= 15 is 0 Å². The van der Waals surface area contributed by atoms with Crippen LogP contribution in [-0.2, 0) is 4.79 Å². The SMILES string of the molecule is CC(C(O)C(=O)O)[N+](C)(C)C. The van der Waals surface area contributed by atoms with E-state index in [-0.39, 0.29) is 6.04 Å². The van der Waals surface area contributed by atoms with Gasteiger partial charge in [0.15, 0.2) is 0 Å². The van der Waals surface area contributed by atoms with Crippen LogP contribution in [0.4, 0.5) is 0 Å². The third-order valence-corrected chi connectivity index (χ3v) is 1.93. The molecule has 0 aliphatic rings. The Morgan fingerprint density at radius 3 is 1.82 bits per heavy atom. The van der Waals surface area contributed by atoms with Crippen LogP contribution in [0.2, 0.25) is 0 Å². The molecule has 0 spiro atoms. The van der Waals surface area contributed by atoms with E-state index in [2.05, 4.69) is 0 Å². The summed E-state index contributed by atoms with van der Waals surface area (Å²) < 4.78 is 0.438. The van der Waals surface area contributed by atoms with Gasteiger partial charge in [-0.15, -0.1) is 0 Å². The van der Waals surface area contributed by atoms with Gasteiger partial charge in [0, 0.05) is 0 Å². The predicted octanol–water partition coefficient (Wildman–Crippen LogP) is -0.473. The van der Waals surface area contributed by atoms with Crippen molar-refractivity contribution in [3.05, 3.63) is 0 Å². The second-order valence-corrected chi connectivity index (χ2v) is 3.64. The van der Waals surface area contributed by atoms with Crippen molar-refractivity contribution in [3.8, 4) is 0 Å². The van der Waals surface area contributed by atoms with Crippen LogP contribution in [0.5, 0.6) is 0 Å². The summed E-state index contributed by atoms with van der Waals surface area (Å²) in [7, 11) is 5.53. The highest BCUT2D eigenvalue weighted by Crippen LogP contribution is 2.06. The smallest absolute Gasteiger partial charge is 0.338 e. The van der Waals surface area contributed by atoms with E-state index in [4.69, 9.17) is 10.2 Å². The zero-order valence-corrected chi connectivity index (χ0v) is 7.40. The van der Waals surface area contributed by atoms with Crippen molar-refractivity contribution in [2.45, 2.75) is 19.1 Å². The zero-order chi connectivity index (χ0) is 9.23. The largest absolute Gasteiger partial charge is 0.479 e. The molecule has 2 unspecified atom stereocenters. The molecule has 0 saturated carbocycles. The van der Waals surface area contributed by atoms with E-state index in [1.807, 2.05) is 21.1 Å². The van der Waals surface area contributed by atoms with Gasteiger partial charge in [-0.3, -0.25) is 0 Å². The van der Waals surface area contributed by atoms with Gasteiger partial charge < -0.3 is 14.7 Å². The number of aliphatic carboxylic acids is 1. The number of aliphatic hydroxyl groups is 1. The maximum Gasteiger partial charge on any atom is 0.338 e. The minimum absolute atomic E-state index is 0.299. The lowest BCUT2D eigenvalue weighted by atomic mass is 10.1. The van der Waals surface area contributed by atoms with Crippen molar-refractivity contribution < 1.29 is 19.5 Å². The summed E-state index contributed by atoms with van der Waals surface area (Å²) in [6, 6.07) is -0.299. The van der Waals surface area contributed by atoms with Crippen LogP contribution in [0.15, 0.2) is 0 Å². The molecule has 4 nitrogen and oxygen atoms in total.